The molecular formula is C40H58N4O9S2+2. The van der Waals surface area contributed by atoms with Gasteiger partial charge in [-0.15, -0.1) is 0 Å². The van der Waals surface area contributed by atoms with Crippen LogP contribution in [0.2, 0.25) is 0 Å². The van der Waals surface area contributed by atoms with Crippen LogP contribution in [0.4, 0.5) is 11.4 Å². The van der Waals surface area contributed by atoms with Crippen LogP contribution in [0, 0.1) is 0 Å². The Hall–Kier alpha value is -3.89. The predicted molar refractivity (Wildman–Crippen MR) is 213 cm³/mol. The Labute approximate surface area is 326 Å². The molecule has 0 atom stereocenters. The number of likely N-dealkylation sites (N-methyl/N-ethyl adjacent to an activating group) is 2. The van der Waals surface area contributed by atoms with Gasteiger partial charge in [-0.1, -0.05) is 19.9 Å². The summed E-state index contributed by atoms with van der Waals surface area (Å²) in [5, 5.41) is 2.88. The van der Waals surface area contributed by atoms with E-state index in [2.05, 4.69) is 14.8 Å². The van der Waals surface area contributed by atoms with Crippen molar-refractivity contribution >= 4 is 49.2 Å². The lowest BCUT2D eigenvalue weighted by Gasteiger charge is -2.25. The maximum Gasteiger partial charge on any atom is 0.306 e. The van der Waals surface area contributed by atoms with Crippen LogP contribution in [-0.2, 0) is 45.4 Å². The largest absolute Gasteiger partial charge is 0.460 e. The zero-order valence-electron chi connectivity index (χ0n) is 33.4. The average Bonchev–Trinajstić information content (AvgIpc) is 3.42. The van der Waals surface area contributed by atoms with Gasteiger partial charge in [-0.25, -0.2) is 0 Å². The van der Waals surface area contributed by atoms with E-state index < -0.39 is 31.1 Å². The molecule has 13 nitrogen and oxygen atoms in total. The van der Waals surface area contributed by atoms with Crippen molar-refractivity contribution in [2.24, 2.45) is 0 Å². The molecule has 2 aromatic rings. The monoisotopic (exact) mass is 802 g/mol. The first kappa shape index (κ1) is 43.8. The summed E-state index contributed by atoms with van der Waals surface area (Å²) < 4.78 is 75.8. The fourth-order valence-corrected chi connectivity index (χ4v) is 8.24. The van der Waals surface area contributed by atoms with Crippen molar-refractivity contribution in [1.82, 2.24) is 5.32 Å². The Kier molecular flexibility index (Phi) is 13.6. The van der Waals surface area contributed by atoms with E-state index >= 15 is 0 Å². The zero-order chi connectivity index (χ0) is 41.0. The van der Waals surface area contributed by atoms with Crippen molar-refractivity contribution in [3.63, 3.8) is 0 Å². The Morgan fingerprint density at radius 2 is 1.51 bits per heavy atom. The lowest BCUT2D eigenvalue weighted by atomic mass is 9.81. The molecule has 1 amide bonds. The third-order valence-electron chi connectivity index (χ3n) is 10.3. The minimum atomic E-state index is -4.43. The number of hydrogen-bond donors (Lipinski definition) is 3. The molecule has 2 aromatic carbocycles. The Morgan fingerprint density at radius 3 is 2.13 bits per heavy atom. The van der Waals surface area contributed by atoms with Crippen molar-refractivity contribution in [1.29, 1.82) is 0 Å². The van der Waals surface area contributed by atoms with Crippen molar-refractivity contribution in [3.8, 4) is 0 Å². The summed E-state index contributed by atoms with van der Waals surface area (Å²) in [4.78, 5) is 26.2. The van der Waals surface area contributed by atoms with Gasteiger partial charge in [0.25, 0.3) is 20.2 Å². The van der Waals surface area contributed by atoms with E-state index in [1.54, 1.807) is 12.1 Å². The number of hydrogen-bond acceptors (Lipinski definition) is 8. The van der Waals surface area contributed by atoms with Crippen LogP contribution >= 0.6 is 0 Å². The Balaban J connectivity index is 1.46. The first-order valence-electron chi connectivity index (χ1n) is 18.8. The molecule has 0 aliphatic carbocycles. The van der Waals surface area contributed by atoms with Gasteiger partial charge in [0.2, 0.25) is 11.6 Å². The van der Waals surface area contributed by atoms with Crippen molar-refractivity contribution in [3.05, 3.63) is 71.5 Å². The molecule has 0 saturated carbocycles. The van der Waals surface area contributed by atoms with Gasteiger partial charge in [0.1, 0.15) is 19.7 Å². The quantitative estimate of drug-likeness (QED) is 0.0574. The number of rotatable bonds is 18. The van der Waals surface area contributed by atoms with Gasteiger partial charge in [-0.05, 0) is 82.0 Å². The minimum absolute atomic E-state index is 0.0701. The maximum absolute atomic E-state index is 12.5. The SMILES string of the molecule is CCN1/C(=C/C=C/C2=[N+](CCCCCC(=O)NCCCC(=O)OCC[N+](C)(C)C)c3ccc(S(=O)(=O)O)cc3C2(C)C)C(C)(C)c2cc(S(=O)(=O)O)ccc21. The summed E-state index contributed by atoms with van der Waals surface area (Å²) in [7, 11) is -2.72. The fraction of sp³-hybridized carbons (Fsp3) is 0.525. The van der Waals surface area contributed by atoms with Gasteiger partial charge in [0, 0.05) is 66.9 Å². The zero-order valence-corrected chi connectivity index (χ0v) is 35.0. The van der Waals surface area contributed by atoms with Gasteiger partial charge in [-0.3, -0.25) is 18.7 Å². The molecule has 15 heteroatoms. The highest BCUT2D eigenvalue weighted by molar-refractivity contribution is 7.86. The number of quaternary nitrogens is 1. The third kappa shape index (κ3) is 10.7. The van der Waals surface area contributed by atoms with Gasteiger partial charge in [-0.2, -0.15) is 21.4 Å². The average molecular weight is 803 g/mol. The van der Waals surface area contributed by atoms with E-state index in [0.717, 1.165) is 53.3 Å². The number of esters is 1. The first-order valence-corrected chi connectivity index (χ1v) is 21.6. The molecule has 4 rings (SSSR count). The molecule has 2 aliphatic rings. The van der Waals surface area contributed by atoms with Crippen molar-refractivity contribution in [2.45, 2.75) is 93.8 Å². The highest BCUT2D eigenvalue weighted by atomic mass is 32.2. The summed E-state index contributed by atoms with van der Waals surface area (Å²) in [5.74, 6) is -0.335. The topological polar surface area (TPSA) is 170 Å². The second-order valence-electron chi connectivity index (χ2n) is 16.2. The van der Waals surface area contributed by atoms with E-state index in [4.69, 9.17) is 4.74 Å². The van der Waals surface area contributed by atoms with Gasteiger partial charge in [0.15, 0.2) is 5.71 Å². The molecule has 0 aromatic heterocycles. The van der Waals surface area contributed by atoms with E-state index in [9.17, 15) is 35.5 Å². The van der Waals surface area contributed by atoms with E-state index in [1.807, 2.05) is 74.0 Å². The maximum atomic E-state index is 12.5. The molecule has 2 aliphatic heterocycles. The molecule has 0 bridgehead atoms. The number of benzene rings is 2. The second-order valence-corrected chi connectivity index (χ2v) is 19.1. The summed E-state index contributed by atoms with van der Waals surface area (Å²) in [6.45, 7) is 12.8. The molecular weight excluding hydrogens is 745 g/mol. The van der Waals surface area contributed by atoms with Crippen molar-refractivity contribution < 1.29 is 49.3 Å². The number of nitrogens with zero attached hydrogens (tertiary/aromatic N) is 3. The molecule has 0 fully saturated rings. The van der Waals surface area contributed by atoms with Crippen molar-refractivity contribution in [2.75, 3.05) is 58.8 Å². The number of carbonyl (C=O) groups excluding carboxylic acids is 2. The standard InChI is InChI=1S/C40H56N4O9S2/c1-9-42-33-21-19-29(54(47,48)49)27-31(33)39(2,3)35(42)15-13-16-36-40(4,5)32-28-30(55(50,51)52)20-22-34(32)43(36)24-12-10-11-17-37(45)41-23-14-18-38(46)53-26-25-44(6,7)8/h13,15-16,19-22,27-28H,9-12,14,17-18,23-26H2,1-8H3,(H-2,41,45,47,48,49,50,51,52)/p+2. The number of nitrogens with one attached hydrogen (secondary N) is 1. The fourth-order valence-electron chi connectivity index (χ4n) is 7.23. The molecule has 55 heavy (non-hydrogen) atoms. The number of anilines is 1. The summed E-state index contributed by atoms with van der Waals surface area (Å²) in [6.07, 6.45) is 9.26. The molecule has 0 spiro atoms. The number of carbonyl (C=O) groups is 2. The lowest BCUT2D eigenvalue weighted by molar-refractivity contribution is -0.870. The van der Waals surface area contributed by atoms with E-state index in [0.29, 0.717) is 50.0 Å². The molecule has 302 valence electrons. The molecule has 0 saturated heterocycles. The third-order valence-corrected chi connectivity index (χ3v) is 12.0. The van der Waals surface area contributed by atoms with Crippen LogP contribution < -0.4 is 10.2 Å². The highest BCUT2D eigenvalue weighted by Crippen LogP contribution is 2.48. The minimum Gasteiger partial charge on any atom is -0.460 e. The number of ether oxygens (including phenoxy) is 1. The Bertz CT molecular complexity index is 2100. The molecule has 0 radical (unpaired) electrons. The van der Waals surface area contributed by atoms with E-state index in [1.165, 1.54) is 24.3 Å². The predicted octanol–water partition coefficient (Wildman–Crippen LogP) is 5.52. The molecule has 3 N–H and O–H groups in total. The van der Waals surface area contributed by atoms with Crippen LogP contribution in [0.1, 0.15) is 84.3 Å². The molecule has 0 unspecified atom stereocenters. The van der Waals surface area contributed by atoms with Crippen LogP contribution in [0.3, 0.4) is 0 Å². The number of fused-ring (bicyclic) bond motifs is 2. The second kappa shape index (κ2) is 17.1. The van der Waals surface area contributed by atoms with Gasteiger partial charge in [0.05, 0.1) is 36.3 Å². The smallest absolute Gasteiger partial charge is 0.306 e. The summed E-state index contributed by atoms with van der Waals surface area (Å²) in [5.41, 5.74) is 3.88. The van der Waals surface area contributed by atoms with Crippen LogP contribution in [0.15, 0.2) is 70.1 Å². The van der Waals surface area contributed by atoms with Gasteiger partial charge < -0.3 is 19.4 Å². The number of allylic oxidation sites excluding steroid dienone is 4. The normalized spacial score (nSPS) is 17.2. The van der Waals surface area contributed by atoms with Crippen LogP contribution in [0.25, 0.3) is 0 Å². The van der Waals surface area contributed by atoms with Gasteiger partial charge >= 0.3 is 5.97 Å². The number of unbranched alkanes of at least 4 members (excludes halogenated alkanes) is 2. The van der Waals surface area contributed by atoms with Crippen LogP contribution in [-0.4, -0.2) is 107 Å². The van der Waals surface area contributed by atoms with Crippen LogP contribution in [0.5, 0.6) is 0 Å². The summed E-state index contributed by atoms with van der Waals surface area (Å²) >= 11 is 0. The first-order chi connectivity index (χ1) is 25.5. The summed E-state index contributed by atoms with van der Waals surface area (Å²) in [6, 6.07) is 9.28. The lowest BCUT2D eigenvalue weighted by Crippen LogP contribution is -2.38. The molecule has 2 heterocycles. The van der Waals surface area contributed by atoms with E-state index in [-0.39, 0.29) is 28.1 Å². The Morgan fingerprint density at radius 1 is 0.873 bits per heavy atom. The highest BCUT2D eigenvalue weighted by Gasteiger charge is 2.45. The number of amides is 1.